The molecule has 0 saturated carbocycles. The third-order valence-corrected chi connectivity index (χ3v) is 3.20. The van der Waals surface area contributed by atoms with Crippen molar-refractivity contribution in [3.05, 3.63) is 34.1 Å². The molecule has 0 fully saturated rings. The first-order valence-corrected chi connectivity index (χ1v) is 6.03. The molecule has 0 atom stereocenters. The number of hydrogen-bond donors (Lipinski definition) is 2. The first kappa shape index (κ1) is 13.6. The van der Waals surface area contributed by atoms with Gasteiger partial charge in [0.1, 0.15) is 5.82 Å². The van der Waals surface area contributed by atoms with Gasteiger partial charge in [0.05, 0.1) is 4.47 Å². The molecule has 0 radical (unpaired) electrons. The van der Waals surface area contributed by atoms with E-state index in [4.69, 9.17) is 11.5 Å². The zero-order valence-corrected chi connectivity index (χ0v) is 10.7. The maximum Gasteiger partial charge on any atom is 0.137 e. The first-order chi connectivity index (χ1) is 7.69. The summed E-state index contributed by atoms with van der Waals surface area (Å²) in [6, 6.07) is 5.04. The molecule has 16 heavy (non-hydrogen) atoms. The number of rotatable bonds is 6. The lowest BCUT2D eigenvalue weighted by atomic mass is 10.2. The maximum atomic E-state index is 13.3. The fraction of sp³-hybridized carbons (Fsp3) is 0.455. The largest absolute Gasteiger partial charge is 0.329 e. The molecule has 3 nitrogen and oxygen atoms in total. The molecule has 0 saturated heterocycles. The molecule has 4 N–H and O–H groups in total. The quantitative estimate of drug-likeness (QED) is 0.830. The Hall–Kier alpha value is -0.490. The highest BCUT2D eigenvalue weighted by Gasteiger charge is 2.09. The molecule has 1 aromatic rings. The van der Waals surface area contributed by atoms with Crippen LogP contribution in [0.3, 0.4) is 0 Å². The van der Waals surface area contributed by atoms with Gasteiger partial charge in [-0.1, -0.05) is 12.1 Å². The van der Waals surface area contributed by atoms with E-state index in [1.165, 1.54) is 6.07 Å². The summed E-state index contributed by atoms with van der Waals surface area (Å²) >= 11 is 3.25. The monoisotopic (exact) mass is 289 g/mol. The molecule has 0 unspecified atom stereocenters. The third kappa shape index (κ3) is 3.83. The van der Waals surface area contributed by atoms with E-state index >= 15 is 0 Å². The molecule has 5 heteroatoms. The van der Waals surface area contributed by atoms with Gasteiger partial charge < -0.3 is 11.5 Å². The van der Waals surface area contributed by atoms with Crippen LogP contribution in [0.15, 0.2) is 22.7 Å². The Morgan fingerprint density at radius 2 is 1.81 bits per heavy atom. The van der Waals surface area contributed by atoms with Gasteiger partial charge in [-0.2, -0.15) is 0 Å². The maximum absolute atomic E-state index is 13.3. The Kier molecular flexibility index (Phi) is 5.90. The van der Waals surface area contributed by atoms with Gasteiger partial charge in [-0.25, -0.2) is 4.39 Å². The average Bonchev–Trinajstić information content (AvgIpc) is 2.25. The van der Waals surface area contributed by atoms with Crippen molar-refractivity contribution in [2.45, 2.75) is 6.54 Å². The first-order valence-electron chi connectivity index (χ1n) is 5.24. The van der Waals surface area contributed by atoms with E-state index < -0.39 is 0 Å². The highest BCUT2D eigenvalue weighted by atomic mass is 79.9. The van der Waals surface area contributed by atoms with Crippen LogP contribution in [0.2, 0.25) is 0 Å². The van der Waals surface area contributed by atoms with Crippen LogP contribution in [-0.2, 0) is 6.54 Å². The van der Waals surface area contributed by atoms with E-state index in [1.54, 1.807) is 6.07 Å². The molecule has 0 spiro atoms. The van der Waals surface area contributed by atoms with Gasteiger partial charge in [0.15, 0.2) is 0 Å². The Bertz CT molecular complexity index is 327. The molecular weight excluding hydrogens is 273 g/mol. The van der Waals surface area contributed by atoms with Crippen molar-refractivity contribution in [2.75, 3.05) is 26.2 Å². The second-order valence-electron chi connectivity index (χ2n) is 3.57. The summed E-state index contributed by atoms with van der Waals surface area (Å²) in [5.41, 5.74) is 11.9. The molecule has 0 aromatic heterocycles. The summed E-state index contributed by atoms with van der Waals surface area (Å²) < 4.78 is 13.8. The Labute approximate surface area is 104 Å². The van der Waals surface area contributed by atoms with Crippen molar-refractivity contribution in [3.8, 4) is 0 Å². The molecule has 0 heterocycles. The predicted molar refractivity (Wildman–Crippen MR) is 67.5 cm³/mol. The van der Waals surface area contributed by atoms with Crippen molar-refractivity contribution in [3.63, 3.8) is 0 Å². The van der Waals surface area contributed by atoms with Crippen LogP contribution in [0.25, 0.3) is 0 Å². The minimum absolute atomic E-state index is 0.238. The molecule has 90 valence electrons. The minimum atomic E-state index is -0.238. The van der Waals surface area contributed by atoms with E-state index in [0.29, 0.717) is 24.1 Å². The van der Waals surface area contributed by atoms with Gasteiger partial charge in [-0.15, -0.1) is 0 Å². The lowest BCUT2D eigenvalue weighted by Crippen LogP contribution is -2.33. The zero-order chi connectivity index (χ0) is 12.0. The number of hydrogen-bond acceptors (Lipinski definition) is 3. The van der Waals surface area contributed by atoms with E-state index in [9.17, 15) is 4.39 Å². The summed E-state index contributed by atoms with van der Waals surface area (Å²) in [6.45, 7) is 3.34. The Morgan fingerprint density at radius 1 is 1.19 bits per heavy atom. The molecule has 0 aliphatic heterocycles. The highest BCUT2D eigenvalue weighted by Crippen LogP contribution is 2.21. The van der Waals surface area contributed by atoms with E-state index in [-0.39, 0.29) is 5.82 Å². The van der Waals surface area contributed by atoms with E-state index in [1.807, 2.05) is 6.07 Å². The molecule has 1 rings (SSSR count). The van der Waals surface area contributed by atoms with Gasteiger partial charge in [0.2, 0.25) is 0 Å². The molecule has 0 aliphatic carbocycles. The van der Waals surface area contributed by atoms with Gasteiger partial charge in [0, 0.05) is 32.7 Å². The molecule has 0 aliphatic rings. The van der Waals surface area contributed by atoms with Gasteiger partial charge >= 0.3 is 0 Å². The number of benzene rings is 1. The standard InChI is InChI=1S/C11H17BrFN3/c12-11-9(2-1-3-10(11)13)8-16(6-4-14)7-5-15/h1-3H,4-8,14-15H2. The number of nitrogens with zero attached hydrogens (tertiary/aromatic N) is 1. The van der Waals surface area contributed by atoms with Crippen LogP contribution in [0.4, 0.5) is 4.39 Å². The van der Waals surface area contributed by atoms with Crippen molar-refractivity contribution >= 4 is 15.9 Å². The Balaban J connectivity index is 2.72. The van der Waals surface area contributed by atoms with Crippen LogP contribution < -0.4 is 11.5 Å². The Morgan fingerprint density at radius 3 is 2.38 bits per heavy atom. The lowest BCUT2D eigenvalue weighted by molar-refractivity contribution is 0.280. The average molecular weight is 290 g/mol. The van der Waals surface area contributed by atoms with Crippen molar-refractivity contribution in [2.24, 2.45) is 11.5 Å². The van der Waals surface area contributed by atoms with Crippen LogP contribution in [0.1, 0.15) is 5.56 Å². The molecule has 1 aromatic carbocycles. The van der Waals surface area contributed by atoms with Gasteiger partial charge in [-0.05, 0) is 27.6 Å². The summed E-state index contributed by atoms with van der Waals surface area (Å²) in [5, 5.41) is 0. The highest BCUT2D eigenvalue weighted by molar-refractivity contribution is 9.10. The summed E-state index contributed by atoms with van der Waals surface area (Å²) in [4.78, 5) is 2.11. The summed E-state index contributed by atoms with van der Waals surface area (Å²) in [5.74, 6) is -0.238. The van der Waals surface area contributed by atoms with E-state index in [0.717, 1.165) is 18.7 Å². The van der Waals surface area contributed by atoms with Gasteiger partial charge in [0.25, 0.3) is 0 Å². The fourth-order valence-corrected chi connectivity index (χ4v) is 1.94. The SMILES string of the molecule is NCCN(CCN)Cc1cccc(F)c1Br. The van der Waals surface area contributed by atoms with Crippen LogP contribution >= 0.6 is 15.9 Å². The topological polar surface area (TPSA) is 55.3 Å². The molecule has 0 amide bonds. The van der Waals surface area contributed by atoms with Gasteiger partial charge in [-0.3, -0.25) is 4.90 Å². The van der Waals surface area contributed by atoms with Crippen molar-refractivity contribution in [1.82, 2.24) is 4.90 Å². The zero-order valence-electron chi connectivity index (χ0n) is 9.13. The second kappa shape index (κ2) is 6.96. The molecular formula is C11H17BrFN3. The smallest absolute Gasteiger partial charge is 0.137 e. The van der Waals surface area contributed by atoms with Crippen LogP contribution in [0, 0.1) is 5.82 Å². The normalized spacial score (nSPS) is 11.1. The summed E-state index contributed by atoms with van der Waals surface area (Å²) in [7, 11) is 0. The number of halogens is 2. The molecule has 0 bridgehead atoms. The predicted octanol–water partition coefficient (Wildman–Crippen LogP) is 1.31. The minimum Gasteiger partial charge on any atom is -0.329 e. The lowest BCUT2D eigenvalue weighted by Gasteiger charge is -2.21. The second-order valence-corrected chi connectivity index (χ2v) is 4.36. The van der Waals surface area contributed by atoms with E-state index in [2.05, 4.69) is 20.8 Å². The van der Waals surface area contributed by atoms with Crippen molar-refractivity contribution < 1.29 is 4.39 Å². The fourth-order valence-electron chi connectivity index (χ4n) is 1.55. The van der Waals surface area contributed by atoms with Crippen LogP contribution in [0.5, 0.6) is 0 Å². The van der Waals surface area contributed by atoms with Crippen LogP contribution in [-0.4, -0.2) is 31.1 Å². The third-order valence-electron chi connectivity index (χ3n) is 2.32. The summed E-state index contributed by atoms with van der Waals surface area (Å²) in [6.07, 6.45) is 0. The van der Waals surface area contributed by atoms with Crippen molar-refractivity contribution in [1.29, 1.82) is 0 Å². The number of nitrogens with two attached hydrogens (primary N) is 2.